The second kappa shape index (κ2) is 17.1. The maximum Gasteiger partial charge on any atom is 0.417 e. The molecule has 3 amide bonds. The number of aromatic nitrogens is 1. The van der Waals surface area contributed by atoms with Crippen molar-refractivity contribution in [3.8, 4) is 5.75 Å². The molecule has 1 aromatic heterocycles. The summed E-state index contributed by atoms with van der Waals surface area (Å²) in [6.07, 6.45) is -6.47. The lowest BCUT2D eigenvalue weighted by Gasteiger charge is -2.46. The predicted molar refractivity (Wildman–Crippen MR) is 188 cm³/mol. The molecule has 5 rings (SSSR count). The summed E-state index contributed by atoms with van der Waals surface area (Å²) < 4.78 is 87.6. The molecule has 2 aliphatic heterocycles. The summed E-state index contributed by atoms with van der Waals surface area (Å²) in [4.78, 5) is 51.1. The van der Waals surface area contributed by atoms with Crippen molar-refractivity contribution in [2.45, 2.75) is 43.6 Å². The van der Waals surface area contributed by atoms with Gasteiger partial charge < -0.3 is 29.7 Å². The van der Waals surface area contributed by atoms with Gasteiger partial charge in [0.05, 0.1) is 34.6 Å². The molecule has 3 heterocycles. The van der Waals surface area contributed by atoms with Gasteiger partial charge >= 0.3 is 12.4 Å². The lowest BCUT2D eigenvalue weighted by Crippen LogP contribution is -2.64. The van der Waals surface area contributed by atoms with E-state index in [1.807, 2.05) is 36.0 Å². The summed E-state index contributed by atoms with van der Waals surface area (Å²) in [5, 5.41) is 2.97. The Kier molecular flexibility index (Phi) is 13.3. The molecule has 1 atom stereocenters. The van der Waals surface area contributed by atoms with Crippen molar-refractivity contribution in [2.75, 3.05) is 70.1 Å². The molecule has 0 radical (unpaired) electrons. The highest BCUT2D eigenvalue weighted by molar-refractivity contribution is 5.97. The highest BCUT2D eigenvalue weighted by atomic mass is 35.5. The second-order valence-electron chi connectivity index (χ2n) is 13.1. The highest BCUT2D eigenvalue weighted by Gasteiger charge is 2.49. The van der Waals surface area contributed by atoms with E-state index in [2.05, 4.69) is 10.3 Å². The highest BCUT2D eigenvalue weighted by Crippen LogP contribution is 2.37. The van der Waals surface area contributed by atoms with Crippen molar-refractivity contribution in [3.05, 3.63) is 83.7 Å². The van der Waals surface area contributed by atoms with E-state index in [1.165, 1.54) is 4.90 Å². The van der Waals surface area contributed by atoms with Gasteiger partial charge in [0.2, 0.25) is 11.5 Å². The van der Waals surface area contributed by atoms with Crippen molar-refractivity contribution < 1.29 is 45.5 Å². The number of hydrogen-bond acceptors (Lipinski definition) is 7. The molecule has 2 fully saturated rings. The largest absolute Gasteiger partial charge is 0.476 e. The maximum absolute atomic E-state index is 14.5. The molecule has 0 spiro atoms. The first-order valence-corrected chi connectivity index (χ1v) is 16.8. The predicted octanol–water partition coefficient (Wildman–Crippen LogP) is 6.22. The molecular weight excluding hydrogens is 730 g/mol. The van der Waals surface area contributed by atoms with Crippen LogP contribution in [0.2, 0.25) is 0 Å². The van der Waals surface area contributed by atoms with E-state index in [4.69, 9.17) is 4.74 Å². The van der Waals surface area contributed by atoms with Crippen LogP contribution in [0, 0.1) is 0 Å². The summed E-state index contributed by atoms with van der Waals surface area (Å²) in [6, 6.07) is 11.8. The minimum absolute atomic E-state index is 0. The first-order chi connectivity index (χ1) is 24.6. The summed E-state index contributed by atoms with van der Waals surface area (Å²) in [7, 11) is 3.86. The van der Waals surface area contributed by atoms with Crippen LogP contribution in [0.25, 0.3) is 0 Å². The molecule has 1 N–H and O–H groups in total. The molecule has 53 heavy (non-hydrogen) atoms. The maximum atomic E-state index is 14.5. The fraction of sp³-hybridized carbons (Fsp3) is 0.444. The molecular formula is C36H41ClF6N6O4. The van der Waals surface area contributed by atoms with Gasteiger partial charge in [-0.15, -0.1) is 12.4 Å². The van der Waals surface area contributed by atoms with Gasteiger partial charge in [-0.2, -0.15) is 26.3 Å². The monoisotopic (exact) mass is 770 g/mol. The SMILES string of the molecule is CN(C)CCCC(=O)Nc1ccccc1N1CCN(C(=O)C2(Oc3ccc(C(F)(F)F)cc3)CCCN(C(=O)c3cnccc3C(F)(F)F)C2)CC1.Cl. The van der Waals surface area contributed by atoms with Crippen LogP contribution in [0.5, 0.6) is 5.75 Å². The van der Waals surface area contributed by atoms with Crippen molar-refractivity contribution >= 4 is 41.5 Å². The van der Waals surface area contributed by atoms with Crippen molar-refractivity contribution in [1.29, 1.82) is 0 Å². The number of likely N-dealkylation sites (tertiary alicyclic amines) is 1. The Hall–Kier alpha value is -4.57. The third-order valence-electron chi connectivity index (χ3n) is 9.08. The van der Waals surface area contributed by atoms with E-state index >= 15 is 0 Å². The normalized spacial score (nSPS) is 18.0. The van der Waals surface area contributed by atoms with E-state index in [1.54, 1.807) is 12.1 Å². The summed E-state index contributed by atoms with van der Waals surface area (Å²) >= 11 is 0. The van der Waals surface area contributed by atoms with E-state index in [9.17, 15) is 40.7 Å². The number of carbonyl (C=O) groups is 3. The number of hydrogen-bond donors (Lipinski definition) is 1. The Balaban J connectivity index is 0.00000627. The van der Waals surface area contributed by atoms with Crippen molar-refractivity contribution in [1.82, 2.24) is 19.7 Å². The van der Waals surface area contributed by atoms with Crippen LogP contribution in [0.4, 0.5) is 37.7 Å². The summed E-state index contributed by atoms with van der Waals surface area (Å²) in [6.45, 7) is 1.42. The number of para-hydroxylation sites is 2. The average molecular weight is 771 g/mol. The Morgan fingerprint density at radius 3 is 2.21 bits per heavy atom. The fourth-order valence-electron chi connectivity index (χ4n) is 6.48. The van der Waals surface area contributed by atoms with Crippen LogP contribution in [0.1, 0.15) is 47.2 Å². The Morgan fingerprint density at radius 2 is 1.57 bits per heavy atom. The molecule has 3 aromatic rings. The van der Waals surface area contributed by atoms with Gasteiger partial charge in [-0.3, -0.25) is 19.4 Å². The molecule has 2 saturated heterocycles. The molecule has 0 bridgehead atoms. The minimum atomic E-state index is -4.85. The van der Waals surface area contributed by atoms with Crippen LogP contribution in [-0.4, -0.2) is 103 Å². The summed E-state index contributed by atoms with van der Waals surface area (Å²) in [5.41, 5.74) is -3.23. The number of nitrogens with zero attached hydrogens (tertiary/aromatic N) is 5. The number of amides is 3. The molecule has 0 aliphatic carbocycles. The number of ether oxygens (including phenoxy) is 1. The minimum Gasteiger partial charge on any atom is -0.476 e. The Labute approximate surface area is 309 Å². The van der Waals surface area contributed by atoms with E-state index in [-0.39, 0.29) is 56.5 Å². The van der Waals surface area contributed by atoms with E-state index in [0.29, 0.717) is 37.7 Å². The fourth-order valence-corrected chi connectivity index (χ4v) is 6.48. The van der Waals surface area contributed by atoms with Gasteiger partial charge in [-0.1, -0.05) is 12.1 Å². The van der Waals surface area contributed by atoms with Crippen molar-refractivity contribution in [2.24, 2.45) is 0 Å². The average Bonchev–Trinajstić information content (AvgIpc) is 3.11. The van der Waals surface area contributed by atoms with Crippen LogP contribution in [0.3, 0.4) is 0 Å². The number of nitrogens with one attached hydrogen (secondary N) is 1. The zero-order valence-corrected chi connectivity index (χ0v) is 30.0. The lowest BCUT2D eigenvalue weighted by molar-refractivity contribution is -0.153. The second-order valence-corrected chi connectivity index (χ2v) is 13.1. The van der Waals surface area contributed by atoms with Gasteiger partial charge in [0.1, 0.15) is 5.75 Å². The first-order valence-electron chi connectivity index (χ1n) is 16.8. The number of piperidine rings is 1. The molecule has 288 valence electrons. The first kappa shape index (κ1) is 41.2. The van der Waals surface area contributed by atoms with E-state index < -0.39 is 53.0 Å². The zero-order valence-electron chi connectivity index (χ0n) is 29.2. The standard InChI is InChI=1S/C36H40F6N6O4.ClH/c1-45(2)17-5-9-31(49)44-29-7-3-4-8-30(29)46-19-21-47(22-20-46)33(51)34(52-26-12-10-25(11-13-26)35(37,38)39)15-6-18-48(24-34)32(50)27-23-43-16-14-28(27)36(40,41)42;/h3-4,7-8,10-14,16,23H,5-6,9,15,17-22,24H2,1-2H3,(H,44,49);1H. The van der Waals surface area contributed by atoms with Crippen molar-refractivity contribution in [3.63, 3.8) is 0 Å². The van der Waals surface area contributed by atoms with Crippen LogP contribution < -0.4 is 15.0 Å². The Morgan fingerprint density at radius 1 is 0.887 bits per heavy atom. The molecule has 10 nitrogen and oxygen atoms in total. The number of rotatable bonds is 10. The van der Waals surface area contributed by atoms with Crippen LogP contribution >= 0.6 is 12.4 Å². The summed E-state index contributed by atoms with van der Waals surface area (Å²) in [5.74, 6) is -1.75. The number of piperazine rings is 1. The molecule has 1 unspecified atom stereocenters. The third kappa shape index (κ3) is 10.1. The Bertz CT molecular complexity index is 1730. The number of halogens is 7. The number of anilines is 2. The van der Waals surface area contributed by atoms with E-state index in [0.717, 1.165) is 53.8 Å². The number of alkyl halides is 6. The van der Waals surface area contributed by atoms with Gasteiger partial charge in [0.25, 0.3) is 11.8 Å². The zero-order chi connectivity index (χ0) is 37.7. The smallest absolute Gasteiger partial charge is 0.417 e. The van der Waals surface area contributed by atoms with Gasteiger partial charge in [-0.05, 0) is 82.4 Å². The quantitative estimate of drug-likeness (QED) is 0.245. The van der Waals surface area contributed by atoms with Crippen LogP contribution in [0.15, 0.2) is 67.0 Å². The molecule has 0 saturated carbocycles. The lowest BCUT2D eigenvalue weighted by atomic mass is 9.89. The number of pyridine rings is 1. The number of carbonyl (C=O) groups excluding carboxylic acids is 3. The topological polar surface area (TPSA) is 98.3 Å². The third-order valence-corrected chi connectivity index (χ3v) is 9.08. The number of benzene rings is 2. The molecule has 2 aliphatic rings. The molecule has 2 aromatic carbocycles. The van der Waals surface area contributed by atoms with Crippen LogP contribution in [-0.2, 0) is 21.9 Å². The van der Waals surface area contributed by atoms with Gasteiger partial charge in [0, 0.05) is 51.5 Å². The van der Waals surface area contributed by atoms with Gasteiger partial charge in [0.15, 0.2) is 0 Å². The van der Waals surface area contributed by atoms with Gasteiger partial charge in [-0.25, -0.2) is 0 Å². The molecule has 17 heteroatoms.